The molecule has 2 aromatic heterocycles. The number of aryl methyl sites for hydroxylation is 1. The summed E-state index contributed by atoms with van der Waals surface area (Å²) in [4.78, 5) is 21.6. The van der Waals surface area contributed by atoms with Gasteiger partial charge >= 0.3 is 0 Å². The lowest BCUT2D eigenvalue weighted by molar-refractivity contribution is -0.105. The molecule has 2 aromatic carbocycles. The molecule has 32 heavy (non-hydrogen) atoms. The van der Waals surface area contributed by atoms with Crippen LogP contribution in [-0.2, 0) is 4.79 Å². The Kier molecular flexibility index (Phi) is 5.50. The number of piperidine rings is 1. The molecular weight excluding hydrogens is 396 g/mol. The van der Waals surface area contributed by atoms with E-state index in [1.54, 1.807) is 0 Å². The molecule has 0 spiro atoms. The summed E-state index contributed by atoms with van der Waals surface area (Å²) in [5.74, 6) is 0.637. The maximum absolute atomic E-state index is 11.1. The lowest BCUT2D eigenvalue weighted by Gasteiger charge is -2.29. The number of pyridine rings is 1. The summed E-state index contributed by atoms with van der Waals surface area (Å²) in [5, 5.41) is 3.89. The van der Waals surface area contributed by atoms with E-state index >= 15 is 0 Å². The molecule has 0 aliphatic carbocycles. The number of aromatic nitrogens is 2. The Balaban J connectivity index is 1.58. The summed E-state index contributed by atoms with van der Waals surface area (Å²) < 4.78 is 0. The molecule has 162 valence electrons. The number of fused-ring (bicyclic) bond motifs is 1. The van der Waals surface area contributed by atoms with Crippen molar-refractivity contribution in [1.29, 1.82) is 0 Å². The van der Waals surface area contributed by atoms with Crippen LogP contribution >= 0.6 is 0 Å². The van der Waals surface area contributed by atoms with Crippen molar-refractivity contribution in [2.45, 2.75) is 25.7 Å². The maximum Gasteiger partial charge on any atom is 0.211 e. The van der Waals surface area contributed by atoms with Gasteiger partial charge in [-0.05, 0) is 86.3 Å². The zero-order valence-electron chi connectivity index (χ0n) is 18.6. The Bertz CT molecular complexity index is 1250. The van der Waals surface area contributed by atoms with Gasteiger partial charge in [0.1, 0.15) is 5.65 Å². The Morgan fingerprint density at radius 3 is 2.56 bits per heavy atom. The Morgan fingerprint density at radius 1 is 1.06 bits per heavy atom. The SMILES string of the molecule is Cc1ccc(-c2c(-c3ccc(C4CCN(C)CC4)cc3)[nH]c3ncccc23)cc1NC=O. The number of rotatable bonds is 5. The number of amides is 1. The van der Waals surface area contributed by atoms with Gasteiger partial charge in [-0.2, -0.15) is 0 Å². The zero-order valence-corrected chi connectivity index (χ0v) is 18.6. The van der Waals surface area contributed by atoms with Crippen molar-refractivity contribution in [2.24, 2.45) is 0 Å². The van der Waals surface area contributed by atoms with Gasteiger partial charge in [0.15, 0.2) is 0 Å². The van der Waals surface area contributed by atoms with Gasteiger partial charge in [0, 0.05) is 22.8 Å². The summed E-state index contributed by atoms with van der Waals surface area (Å²) in [6, 6.07) is 19.3. The first-order chi connectivity index (χ1) is 15.6. The molecule has 0 bridgehead atoms. The van der Waals surface area contributed by atoms with Crippen molar-refractivity contribution in [2.75, 3.05) is 25.5 Å². The number of benzene rings is 2. The molecule has 1 amide bonds. The minimum Gasteiger partial charge on any atom is -0.339 e. The van der Waals surface area contributed by atoms with E-state index in [1.807, 2.05) is 31.3 Å². The van der Waals surface area contributed by atoms with Gasteiger partial charge in [-0.3, -0.25) is 4.79 Å². The predicted molar refractivity (Wildman–Crippen MR) is 131 cm³/mol. The molecule has 0 radical (unpaired) electrons. The lowest BCUT2D eigenvalue weighted by atomic mass is 9.88. The van der Waals surface area contributed by atoms with E-state index in [1.165, 1.54) is 18.4 Å². The number of anilines is 1. The van der Waals surface area contributed by atoms with E-state index in [0.717, 1.165) is 64.2 Å². The minimum absolute atomic E-state index is 0.637. The average Bonchev–Trinajstić information content (AvgIpc) is 3.21. The number of likely N-dealkylation sites (tertiary alicyclic amines) is 1. The second-order valence-corrected chi connectivity index (χ2v) is 8.77. The van der Waals surface area contributed by atoms with E-state index in [0.29, 0.717) is 5.92 Å². The molecule has 2 N–H and O–H groups in total. The van der Waals surface area contributed by atoms with Crippen molar-refractivity contribution >= 4 is 23.1 Å². The van der Waals surface area contributed by atoms with Gasteiger partial charge in [0.25, 0.3) is 0 Å². The van der Waals surface area contributed by atoms with Crippen LogP contribution in [0, 0.1) is 6.92 Å². The number of aromatic amines is 1. The molecule has 0 unspecified atom stereocenters. The quantitative estimate of drug-likeness (QED) is 0.411. The van der Waals surface area contributed by atoms with Gasteiger partial charge < -0.3 is 15.2 Å². The molecule has 1 fully saturated rings. The monoisotopic (exact) mass is 424 g/mol. The molecule has 5 nitrogen and oxygen atoms in total. The van der Waals surface area contributed by atoms with E-state index in [4.69, 9.17) is 0 Å². The summed E-state index contributed by atoms with van der Waals surface area (Å²) in [7, 11) is 2.20. The molecule has 0 atom stereocenters. The molecule has 1 aliphatic rings. The second-order valence-electron chi connectivity index (χ2n) is 8.77. The first-order valence-electron chi connectivity index (χ1n) is 11.2. The van der Waals surface area contributed by atoms with Crippen LogP contribution in [0.5, 0.6) is 0 Å². The molecule has 1 saturated heterocycles. The third kappa shape index (κ3) is 3.80. The zero-order chi connectivity index (χ0) is 22.1. The number of nitrogens with one attached hydrogen (secondary N) is 2. The van der Waals surface area contributed by atoms with Gasteiger partial charge in [-0.1, -0.05) is 36.4 Å². The van der Waals surface area contributed by atoms with Gasteiger partial charge in [-0.25, -0.2) is 4.98 Å². The lowest BCUT2D eigenvalue weighted by Crippen LogP contribution is -2.29. The number of carbonyl (C=O) groups is 1. The normalized spacial score (nSPS) is 15.2. The number of carbonyl (C=O) groups excluding carboxylic acids is 1. The third-order valence-corrected chi connectivity index (χ3v) is 6.70. The van der Waals surface area contributed by atoms with E-state index in [-0.39, 0.29) is 0 Å². The van der Waals surface area contributed by atoms with Crippen LogP contribution in [-0.4, -0.2) is 41.4 Å². The summed E-state index contributed by atoms with van der Waals surface area (Å²) >= 11 is 0. The molecule has 5 rings (SSSR count). The van der Waals surface area contributed by atoms with Crippen LogP contribution in [0.25, 0.3) is 33.4 Å². The first-order valence-corrected chi connectivity index (χ1v) is 11.2. The van der Waals surface area contributed by atoms with Gasteiger partial charge in [0.2, 0.25) is 6.41 Å². The Labute approximate surface area is 188 Å². The minimum atomic E-state index is 0.637. The van der Waals surface area contributed by atoms with Crippen LogP contribution in [0.3, 0.4) is 0 Å². The fraction of sp³-hybridized carbons (Fsp3) is 0.259. The van der Waals surface area contributed by atoms with Gasteiger partial charge in [0.05, 0.1) is 5.69 Å². The van der Waals surface area contributed by atoms with Crippen molar-refractivity contribution in [3.05, 3.63) is 71.9 Å². The number of nitrogens with zero attached hydrogens (tertiary/aromatic N) is 2. The molecule has 1 aliphatic heterocycles. The Morgan fingerprint density at radius 2 is 1.81 bits per heavy atom. The molecule has 3 heterocycles. The van der Waals surface area contributed by atoms with Crippen molar-refractivity contribution in [1.82, 2.24) is 14.9 Å². The van der Waals surface area contributed by atoms with Crippen LogP contribution < -0.4 is 5.32 Å². The van der Waals surface area contributed by atoms with Crippen LogP contribution in [0.4, 0.5) is 5.69 Å². The fourth-order valence-corrected chi connectivity index (χ4v) is 4.80. The second kappa shape index (κ2) is 8.60. The molecule has 5 heteroatoms. The number of hydrogen-bond donors (Lipinski definition) is 2. The van der Waals surface area contributed by atoms with E-state index in [2.05, 4.69) is 63.6 Å². The smallest absolute Gasteiger partial charge is 0.211 e. The standard InChI is InChI=1S/C27H28N4O/c1-18-5-6-22(16-24(18)29-17-32)25-23-4-3-13-28-27(23)30-26(25)21-9-7-19(8-10-21)20-11-14-31(2)15-12-20/h3-10,13,16-17,20H,11-12,14-15H2,1-2H3,(H,28,30)(H,29,32). The number of hydrogen-bond acceptors (Lipinski definition) is 3. The van der Waals surface area contributed by atoms with Crippen LogP contribution in [0.1, 0.15) is 29.9 Å². The Hall–Kier alpha value is -3.44. The highest BCUT2D eigenvalue weighted by molar-refractivity contribution is 6.03. The van der Waals surface area contributed by atoms with Gasteiger partial charge in [-0.15, -0.1) is 0 Å². The molecular formula is C27H28N4O. The van der Waals surface area contributed by atoms with Crippen molar-refractivity contribution in [3.63, 3.8) is 0 Å². The topological polar surface area (TPSA) is 61.0 Å². The number of H-pyrrole nitrogens is 1. The fourth-order valence-electron chi connectivity index (χ4n) is 4.80. The highest BCUT2D eigenvalue weighted by atomic mass is 16.1. The third-order valence-electron chi connectivity index (χ3n) is 6.70. The highest BCUT2D eigenvalue weighted by Crippen LogP contribution is 2.39. The highest BCUT2D eigenvalue weighted by Gasteiger charge is 2.20. The summed E-state index contributed by atoms with van der Waals surface area (Å²) in [6.45, 7) is 4.32. The summed E-state index contributed by atoms with van der Waals surface area (Å²) in [6.07, 6.45) is 4.97. The molecule has 4 aromatic rings. The van der Waals surface area contributed by atoms with Crippen LogP contribution in [0.2, 0.25) is 0 Å². The summed E-state index contributed by atoms with van der Waals surface area (Å²) in [5.41, 5.74) is 8.48. The van der Waals surface area contributed by atoms with Crippen molar-refractivity contribution < 1.29 is 4.79 Å². The average molecular weight is 425 g/mol. The first kappa shape index (κ1) is 20.5. The van der Waals surface area contributed by atoms with Crippen molar-refractivity contribution in [3.8, 4) is 22.4 Å². The van der Waals surface area contributed by atoms with E-state index < -0.39 is 0 Å². The predicted octanol–water partition coefficient (Wildman–Crippen LogP) is 5.58. The molecule has 0 saturated carbocycles. The largest absolute Gasteiger partial charge is 0.339 e. The maximum atomic E-state index is 11.1. The van der Waals surface area contributed by atoms with E-state index in [9.17, 15) is 4.79 Å². The van der Waals surface area contributed by atoms with Crippen LogP contribution in [0.15, 0.2) is 60.8 Å².